The first kappa shape index (κ1) is 11.4. The third-order valence-electron chi connectivity index (χ3n) is 3.45. The minimum atomic E-state index is -0.795. The lowest BCUT2D eigenvalue weighted by Crippen LogP contribution is -2.52. The van der Waals surface area contributed by atoms with Gasteiger partial charge in [-0.05, 0) is 25.8 Å². The van der Waals surface area contributed by atoms with Crippen LogP contribution in [-0.4, -0.2) is 59.0 Å². The second-order valence-corrected chi connectivity index (χ2v) is 4.55. The van der Waals surface area contributed by atoms with Crippen molar-refractivity contribution >= 4 is 11.9 Å². The van der Waals surface area contributed by atoms with Crippen LogP contribution in [0.1, 0.15) is 25.7 Å². The van der Waals surface area contributed by atoms with E-state index in [1.165, 1.54) is 0 Å². The highest BCUT2D eigenvalue weighted by molar-refractivity contribution is 5.80. The Kier molecular flexibility index (Phi) is 3.43. The highest BCUT2D eigenvalue weighted by Gasteiger charge is 2.31. The topological polar surface area (TPSA) is 60.9 Å². The second kappa shape index (κ2) is 4.82. The number of hydrogen-bond donors (Lipinski definition) is 1. The van der Waals surface area contributed by atoms with Crippen molar-refractivity contribution in [3.63, 3.8) is 0 Å². The van der Waals surface area contributed by atoms with Gasteiger partial charge in [0, 0.05) is 13.1 Å². The highest BCUT2D eigenvalue weighted by atomic mass is 16.4. The van der Waals surface area contributed by atoms with Crippen molar-refractivity contribution in [1.29, 1.82) is 0 Å². The fourth-order valence-corrected chi connectivity index (χ4v) is 2.30. The average Bonchev–Trinajstić information content (AvgIpc) is 2.15. The van der Waals surface area contributed by atoms with Gasteiger partial charge in [0.1, 0.15) is 6.04 Å². The van der Waals surface area contributed by atoms with Crippen LogP contribution >= 0.6 is 0 Å². The van der Waals surface area contributed by atoms with E-state index in [0.717, 1.165) is 38.9 Å². The number of carbonyl (C=O) groups excluding carboxylic acids is 1. The van der Waals surface area contributed by atoms with Gasteiger partial charge in [0.15, 0.2) is 0 Å². The van der Waals surface area contributed by atoms with Crippen molar-refractivity contribution in [3.8, 4) is 0 Å². The van der Waals surface area contributed by atoms with Gasteiger partial charge in [-0.2, -0.15) is 0 Å². The predicted molar refractivity (Wildman–Crippen MR) is 58.0 cm³/mol. The number of hydrogen-bond acceptors (Lipinski definition) is 3. The highest BCUT2D eigenvalue weighted by Crippen LogP contribution is 2.18. The fraction of sp³-hybridized carbons (Fsp3) is 0.818. The van der Waals surface area contributed by atoms with Gasteiger partial charge < -0.3 is 10.0 Å². The number of rotatable bonds is 3. The number of carboxylic acid groups (broad SMARTS) is 1. The standard InChI is InChI=1S/C11H18N2O3/c14-10(12-6-3-7-12)8-13-5-2-1-4-9(13)11(15)16/h9H,1-8H2,(H,15,16). The maximum atomic E-state index is 11.8. The molecule has 90 valence electrons. The van der Waals surface area contributed by atoms with E-state index >= 15 is 0 Å². The molecule has 2 saturated heterocycles. The summed E-state index contributed by atoms with van der Waals surface area (Å²) in [5.74, 6) is -0.712. The molecule has 5 heteroatoms. The minimum Gasteiger partial charge on any atom is -0.480 e. The Morgan fingerprint density at radius 2 is 1.88 bits per heavy atom. The quantitative estimate of drug-likeness (QED) is 0.744. The van der Waals surface area contributed by atoms with Crippen LogP contribution in [0.25, 0.3) is 0 Å². The molecule has 0 radical (unpaired) electrons. The van der Waals surface area contributed by atoms with E-state index in [-0.39, 0.29) is 12.5 Å². The summed E-state index contributed by atoms with van der Waals surface area (Å²) in [7, 11) is 0. The van der Waals surface area contributed by atoms with Gasteiger partial charge >= 0.3 is 5.97 Å². The summed E-state index contributed by atoms with van der Waals surface area (Å²) >= 11 is 0. The van der Waals surface area contributed by atoms with Gasteiger partial charge in [-0.3, -0.25) is 14.5 Å². The summed E-state index contributed by atoms with van der Waals surface area (Å²) in [5.41, 5.74) is 0. The summed E-state index contributed by atoms with van der Waals surface area (Å²) in [6, 6.07) is -0.459. The molecule has 0 aliphatic carbocycles. The van der Waals surface area contributed by atoms with E-state index in [4.69, 9.17) is 5.11 Å². The molecular formula is C11H18N2O3. The summed E-state index contributed by atoms with van der Waals surface area (Å²) in [6.07, 6.45) is 3.69. The summed E-state index contributed by atoms with van der Waals surface area (Å²) in [6.45, 7) is 2.68. The van der Waals surface area contributed by atoms with Gasteiger partial charge in [0.05, 0.1) is 6.54 Å². The third-order valence-corrected chi connectivity index (χ3v) is 3.45. The molecule has 2 aliphatic heterocycles. The molecule has 0 saturated carbocycles. The number of likely N-dealkylation sites (tertiary alicyclic amines) is 2. The van der Waals surface area contributed by atoms with Crippen LogP contribution in [0.2, 0.25) is 0 Å². The first-order chi connectivity index (χ1) is 7.68. The van der Waals surface area contributed by atoms with Crippen LogP contribution in [0.5, 0.6) is 0 Å². The molecular weight excluding hydrogens is 208 g/mol. The first-order valence-corrected chi connectivity index (χ1v) is 5.93. The second-order valence-electron chi connectivity index (χ2n) is 4.55. The van der Waals surface area contributed by atoms with Crippen molar-refractivity contribution in [2.24, 2.45) is 0 Å². The number of aliphatic carboxylic acids is 1. The predicted octanol–water partition coefficient (Wildman–Crippen LogP) is 0.158. The zero-order chi connectivity index (χ0) is 11.5. The smallest absolute Gasteiger partial charge is 0.320 e. The van der Waals surface area contributed by atoms with Crippen LogP contribution in [0.4, 0.5) is 0 Å². The zero-order valence-electron chi connectivity index (χ0n) is 9.39. The number of carbonyl (C=O) groups is 2. The molecule has 0 aromatic heterocycles. The molecule has 2 rings (SSSR count). The Morgan fingerprint density at radius 1 is 1.12 bits per heavy atom. The van der Waals surface area contributed by atoms with E-state index in [9.17, 15) is 9.59 Å². The van der Waals surface area contributed by atoms with Crippen molar-refractivity contribution in [2.45, 2.75) is 31.7 Å². The maximum absolute atomic E-state index is 11.8. The molecule has 1 unspecified atom stereocenters. The molecule has 1 atom stereocenters. The van der Waals surface area contributed by atoms with Crippen LogP contribution < -0.4 is 0 Å². The first-order valence-electron chi connectivity index (χ1n) is 5.93. The minimum absolute atomic E-state index is 0.0828. The molecule has 16 heavy (non-hydrogen) atoms. The molecule has 2 heterocycles. The van der Waals surface area contributed by atoms with E-state index < -0.39 is 12.0 Å². The van der Waals surface area contributed by atoms with E-state index in [1.54, 1.807) is 4.90 Å². The zero-order valence-corrected chi connectivity index (χ0v) is 9.39. The van der Waals surface area contributed by atoms with Crippen LogP contribution in [0, 0.1) is 0 Å². The molecule has 0 aromatic carbocycles. The Hall–Kier alpha value is -1.10. The van der Waals surface area contributed by atoms with Gasteiger partial charge in [-0.25, -0.2) is 0 Å². The van der Waals surface area contributed by atoms with E-state index in [2.05, 4.69) is 0 Å². The lowest BCUT2D eigenvalue weighted by Gasteiger charge is -2.36. The molecule has 1 N–H and O–H groups in total. The van der Waals surface area contributed by atoms with Crippen LogP contribution in [-0.2, 0) is 9.59 Å². The van der Waals surface area contributed by atoms with Gasteiger partial charge in [-0.15, -0.1) is 0 Å². The number of piperidine rings is 1. The van der Waals surface area contributed by atoms with Crippen molar-refractivity contribution in [3.05, 3.63) is 0 Å². The Balaban J connectivity index is 1.90. The van der Waals surface area contributed by atoms with Crippen molar-refractivity contribution in [2.75, 3.05) is 26.2 Å². The lowest BCUT2D eigenvalue weighted by atomic mass is 10.0. The largest absolute Gasteiger partial charge is 0.480 e. The summed E-state index contributed by atoms with van der Waals surface area (Å²) in [4.78, 5) is 26.4. The molecule has 2 aliphatic rings. The van der Waals surface area contributed by atoms with Crippen molar-refractivity contribution < 1.29 is 14.7 Å². The summed E-state index contributed by atoms with van der Waals surface area (Å²) < 4.78 is 0. The van der Waals surface area contributed by atoms with Gasteiger partial charge in [-0.1, -0.05) is 6.42 Å². The molecule has 0 spiro atoms. The van der Waals surface area contributed by atoms with Crippen LogP contribution in [0.15, 0.2) is 0 Å². The SMILES string of the molecule is O=C(O)C1CCCCN1CC(=O)N1CCC1. The van der Waals surface area contributed by atoms with E-state index in [1.807, 2.05) is 4.90 Å². The van der Waals surface area contributed by atoms with Crippen molar-refractivity contribution in [1.82, 2.24) is 9.80 Å². The summed E-state index contributed by atoms with van der Waals surface area (Å²) in [5, 5.41) is 9.06. The molecule has 5 nitrogen and oxygen atoms in total. The molecule has 0 bridgehead atoms. The lowest BCUT2D eigenvalue weighted by molar-refractivity contribution is -0.147. The Labute approximate surface area is 95.0 Å². The number of amides is 1. The Bertz CT molecular complexity index is 289. The van der Waals surface area contributed by atoms with Crippen LogP contribution in [0.3, 0.4) is 0 Å². The molecule has 2 fully saturated rings. The monoisotopic (exact) mass is 226 g/mol. The fourth-order valence-electron chi connectivity index (χ4n) is 2.30. The maximum Gasteiger partial charge on any atom is 0.320 e. The van der Waals surface area contributed by atoms with Gasteiger partial charge in [0.2, 0.25) is 5.91 Å². The average molecular weight is 226 g/mol. The normalized spacial score (nSPS) is 26.2. The molecule has 0 aromatic rings. The van der Waals surface area contributed by atoms with Gasteiger partial charge in [0.25, 0.3) is 0 Å². The van der Waals surface area contributed by atoms with E-state index in [0.29, 0.717) is 6.42 Å². The number of nitrogens with zero attached hydrogens (tertiary/aromatic N) is 2. The third kappa shape index (κ3) is 2.35. The number of carboxylic acids is 1. The molecule has 1 amide bonds. The Morgan fingerprint density at radius 3 is 2.44 bits per heavy atom.